The monoisotopic (exact) mass is 787 g/mol. The molecule has 0 spiro atoms. The van der Waals surface area contributed by atoms with E-state index in [-0.39, 0.29) is 55.8 Å². The van der Waals surface area contributed by atoms with Crippen LogP contribution in [0.4, 0.5) is 5.69 Å². The second kappa shape index (κ2) is 15.8. The van der Waals surface area contributed by atoms with E-state index in [1.165, 1.54) is 10.6 Å². The van der Waals surface area contributed by atoms with Gasteiger partial charge in [0.15, 0.2) is 0 Å². The van der Waals surface area contributed by atoms with Crippen LogP contribution in [0.5, 0.6) is 11.5 Å². The van der Waals surface area contributed by atoms with Crippen molar-refractivity contribution in [2.45, 2.75) is 30.7 Å². The number of amides is 4. The number of aryl methyl sites for hydroxylation is 1. The molecule has 5 heterocycles. The molecule has 17 nitrogen and oxygen atoms in total. The van der Waals surface area contributed by atoms with Crippen molar-refractivity contribution in [3.05, 3.63) is 82.0 Å². The molecule has 56 heavy (non-hydrogen) atoms. The Bertz CT molecular complexity index is 2390. The fourth-order valence-electron chi connectivity index (χ4n) is 7.30. The number of likely N-dealkylation sites (tertiary alicyclic amines) is 1. The minimum absolute atomic E-state index is 0.0291. The number of nitrogens with one attached hydrogen (secondary N) is 3. The Kier molecular flexibility index (Phi) is 10.9. The number of sulfonamides is 1. The zero-order chi connectivity index (χ0) is 39.7. The Balaban J connectivity index is 0.883. The molecule has 294 valence electrons. The number of imide groups is 2. The Hall–Kier alpha value is -5.69. The van der Waals surface area contributed by atoms with E-state index in [1.807, 2.05) is 17.0 Å². The summed E-state index contributed by atoms with van der Waals surface area (Å²) in [5, 5.41) is 5.89. The summed E-state index contributed by atoms with van der Waals surface area (Å²) in [4.78, 5) is 70.0. The van der Waals surface area contributed by atoms with Crippen LogP contribution in [-0.2, 0) is 37.9 Å². The minimum atomic E-state index is -3.63. The lowest BCUT2D eigenvalue weighted by atomic mass is 9.98. The zero-order valence-electron chi connectivity index (χ0n) is 31.0. The molecule has 0 saturated carbocycles. The van der Waals surface area contributed by atoms with Crippen LogP contribution in [-0.4, -0.2) is 116 Å². The molecule has 4 amide bonds. The molecular formula is C38H41N7O10S. The van der Waals surface area contributed by atoms with Gasteiger partial charge in [-0.05, 0) is 47.7 Å². The number of benzene rings is 2. The molecule has 0 bridgehead atoms. The number of pyridine rings is 2. The highest BCUT2D eigenvalue weighted by Gasteiger charge is 2.45. The van der Waals surface area contributed by atoms with Crippen LogP contribution >= 0.6 is 0 Å². The molecule has 1 unspecified atom stereocenters. The van der Waals surface area contributed by atoms with Crippen molar-refractivity contribution < 1.29 is 41.8 Å². The van der Waals surface area contributed by atoms with Crippen LogP contribution in [0.25, 0.3) is 21.9 Å². The second-order valence-corrected chi connectivity index (χ2v) is 15.8. The van der Waals surface area contributed by atoms with Crippen LogP contribution in [0, 0.1) is 0 Å². The predicted molar refractivity (Wildman–Crippen MR) is 204 cm³/mol. The molecule has 4 aromatic rings. The van der Waals surface area contributed by atoms with Crippen LogP contribution in [0.3, 0.4) is 0 Å². The fraction of sp³-hybridized carbons (Fsp3) is 0.368. The first kappa shape index (κ1) is 38.6. The molecule has 3 aliphatic rings. The largest absolute Gasteiger partial charge is 0.496 e. The van der Waals surface area contributed by atoms with Gasteiger partial charge < -0.3 is 24.1 Å². The third kappa shape index (κ3) is 7.35. The Morgan fingerprint density at radius 3 is 2.38 bits per heavy atom. The summed E-state index contributed by atoms with van der Waals surface area (Å²) in [5.41, 5.74) is 2.92. The predicted octanol–water partition coefficient (Wildman–Crippen LogP) is 1.25. The van der Waals surface area contributed by atoms with Gasteiger partial charge in [0, 0.05) is 76.0 Å². The highest BCUT2D eigenvalue weighted by Crippen LogP contribution is 2.39. The Morgan fingerprint density at radius 2 is 1.66 bits per heavy atom. The summed E-state index contributed by atoms with van der Waals surface area (Å²) in [6.45, 7) is 1.60. The van der Waals surface area contributed by atoms with Crippen LogP contribution < -0.4 is 30.4 Å². The highest BCUT2D eigenvalue weighted by atomic mass is 32.2. The molecule has 18 heteroatoms. The number of ether oxygens (including phenoxy) is 3. The van der Waals surface area contributed by atoms with E-state index in [2.05, 4.69) is 20.3 Å². The maximum absolute atomic E-state index is 13.3. The Morgan fingerprint density at radius 1 is 0.929 bits per heavy atom. The van der Waals surface area contributed by atoms with Crippen molar-refractivity contribution in [3.63, 3.8) is 0 Å². The van der Waals surface area contributed by atoms with Gasteiger partial charge in [0.05, 0.1) is 49.5 Å². The number of hydrogen-bond donors (Lipinski definition) is 3. The van der Waals surface area contributed by atoms with Crippen molar-refractivity contribution in [3.8, 4) is 22.6 Å². The first-order chi connectivity index (χ1) is 26.9. The van der Waals surface area contributed by atoms with Gasteiger partial charge in [-0.25, -0.2) is 13.1 Å². The van der Waals surface area contributed by atoms with E-state index in [0.29, 0.717) is 42.2 Å². The molecule has 2 aromatic carbocycles. The molecule has 7 rings (SSSR count). The normalized spacial score (nSPS) is 17.6. The van der Waals surface area contributed by atoms with Crippen molar-refractivity contribution in [2.24, 2.45) is 7.05 Å². The maximum Gasteiger partial charge on any atom is 0.264 e. The van der Waals surface area contributed by atoms with Gasteiger partial charge in [-0.15, -0.1) is 0 Å². The van der Waals surface area contributed by atoms with E-state index in [9.17, 15) is 32.4 Å². The third-order valence-electron chi connectivity index (χ3n) is 10.2. The lowest BCUT2D eigenvalue weighted by Gasteiger charge is -2.39. The number of fused-ring (bicyclic) bond motifs is 2. The number of nitrogens with zero attached hydrogens (tertiary/aromatic N) is 4. The summed E-state index contributed by atoms with van der Waals surface area (Å²) in [5.74, 6) is -1.21. The second-order valence-electron chi connectivity index (χ2n) is 13.7. The number of methoxy groups -OCH3 is 2. The van der Waals surface area contributed by atoms with Gasteiger partial charge in [-0.3, -0.25) is 44.1 Å². The van der Waals surface area contributed by atoms with Crippen molar-refractivity contribution >= 4 is 50.1 Å². The first-order valence-corrected chi connectivity index (χ1v) is 19.5. The molecule has 3 aliphatic heterocycles. The van der Waals surface area contributed by atoms with E-state index in [1.54, 1.807) is 58.1 Å². The highest BCUT2D eigenvalue weighted by molar-refractivity contribution is 7.90. The summed E-state index contributed by atoms with van der Waals surface area (Å²) < 4.78 is 47.4. The quantitative estimate of drug-likeness (QED) is 0.115. The molecule has 2 saturated heterocycles. The third-order valence-corrected chi connectivity index (χ3v) is 12.0. The fourth-order valence-corrected chi connectivity index (χ4v) is 8.72. The zero-order valence-corrected chi connectivity index (χ0v) is 31.8. The first-order valence-electron chi connectivity index (χ1n) is 18.0. The van der Waals surface area contributed by atoms with E-state index >= 15 is 0 Å². The summed E-state index contributed by atoms with van der Waals surface area (Å²) in [7, 11) is 1.18. The molecule has 0 radical (unpaired) electrons. The average Bonchev–Trinajstić information content (AvgIpc) is 3.42. The number of anilines is 1. The van der Waals surface area contributed by atoms with Crippen LogP contribution in [0.2, 0.25) is 0 Å². The minimum Gasteiger partial charge on any atom is -0.496 e. The number of carbonyl (C=O) groups is 4. The molecular weight excluding hydrogens is 747 g/mol. The van der Waals surface area contributed by atoms with Gasteiger partial charge in [0.1, 0.15) is 22.8 Å². The van der Waals surface area contributed by atoms with E-state index in [0.717, 1.165) is 27.0 Å². The topological polar surface area (TPSA) is 208 Å². The summed E-state index contributed by atoms with van der Waals surface area (Å²) in [6.07, 6.45) is 5.05. The molecule has 2 aromatic heterocycles. The Labute approximate surface area is 322 Å². The van der Waals surface area contributed by atoms with Gasteiger partial charge in [0.25, 0.3) is 17.4 Å². The average molecular weight is 788 g/mol. The molecule has 0 aliphatic carbocycles. The van der Waals surface area contributed by atoms with E-state index < -0.39 is 44.9 Å². The van der Waals surface area contributed by atoms with Crippen LogP contribution in [0.15, 0.2) is 59.8 Å². The summed E-state index contributed by atoms with van der Waals surface area (Å²) >= 11 is 0. The van der Waals surface area contributed by atoms with Gasteiger partial charge in [0.2, 0.25) is 21.8 Å². The molecule has 3 N–H and O–H groups in total. The SMILES string of the molecule is COc1cc(-c2cn(C)c(=O)c3cnccc23)cc(OC)c1CN1CC(S(=O)(=O)NCCOCCNc2cccc3c2C(=O)N(C2CCC(=O)NC2=O)C3=O)C1. The molecule has 2 fully saturated rings. The molecule has 1 atom stereocenters. The lowest BCUT2D eigenvalue weighted by molar-refractivity contribution is -0.136. The maximum atomic E-state index is 13.3. The van der Waals surface area contributed by atoms with Gasteiger partial charge in [-0.2, -0.15) is 0 Å². The van der Waals surface area contributed by atoms with Crippen molar-refractivity contribution in [1.82, 2.24) is 29.4 Å². The van der Waals surface area contributed by atoms with Crippen LogP contribution in [0.1, 0.15) is 39.1 Å². The van der Waals surface area contributed by atoms with E-state index in [4.69, 9.17) is 14.2 Å². The number of aromatic nitrogens is 2. The van der Waals surface area contributed by atoms with Crippen molar-refractivity contribution in [1.29, 1.82) is 0 Å². The number of rotatable bonds is 15. The standard InChI is InChI=1S/C38H41N7O10S/c1-43-20-27(24-9-10-39-17-26(24)36(43)48)22-15-31(53-2)28(32(16-22)54-3)21-44-18-23(19-44)56(51,52)41-12-14-55-13-11-40-29-6-4-5-25-34(29)38(50)45(37(25)49)30-7-8-33(46)42-35(30)47/h4-6,9-10,15-17,20,23,30,40-41H,7-8,11-14,18-19,21H2,1-3H3,(H,42,46,47). The number of hydrogen-bond acceptors (Lipinski definition) is 13. The lowest BCUT2D eigenvalue weighted by Crippen LogP contribution is -2.57. The van der Waals surface area contributed by atoms with Crippen molar-refractivity contribution in [2.75, 3.05) is 58.9 Å². The summed E-state index contributed by atoms with van der Waals surface area (Å²) in [6, 6.07) is 9.28. The van der Waals surface area contributed by atoms with Gasteiger partial charge in [-0.1, -0.05) is 6.07 Å². The number of carbonyl (C=O) groups excluding carboxylic acids is 4. The van der Waals surface area contributed by atoms with Gasteiger partial charge >= 0.3 is 0 Å². The smallest absolute Gasteiger partial charge is 0.264 e. The number of piperidine rings is 1.